The predicted molar refractivity (Wildman–Crippen MR) is 94.3 cm³/mol. The minimum absolute atomic E-state index is 0.108. The number of imidazole rings is 1. The number of aryl methyl sites for hydroxylation is 2. The normalized spacial score (nSPS) is 20.5. The minimum atomic E-state index is 0.108. The molecule has 5 heteroatoms. The van der Waals surface area contributed by atoms with Crippen molar-refractivity contribution in [2.45, 2.75) is 25.9 Å². The van der Waals surface area contributed by atoms with Gasteiger partial charge in [0, 0.05) is 38.5 Å². The minimum Gasteiger partial charge on any atom is -0.496 e. The van der Waals surface area contributed by atoms with Crippen LogP contribution in [-0.4, -0.2) is 36.4 Å². The Morgan fingerprint density at radius 2 is 2.29 bits per heavy atom. The van der Waals surface area contributed by atoms with E-state index in [9.17, 15) is 0 Å². The first-order valence-corrected chi connectivity index (χ1v) is 8.62. The Kier molecular flexibility index (Phi) is 5.53. The van der Waals surface area contributed by atoms with Gasteiger partial charge in [0.2, 0.25) is 0 Å². The highest BCUT2D eigenvalue weighted by molar-refractivity contribution is 5.36. The van der Waals surface area contributed by atoms with E-state index in [2.05, 4.69) is 40.0 Å². The summed E-state index contributed by atoms with van der Waals surface area (Å²) in [5.41, 5.74) is 2.48. The standard InChI is InChI=1S/C19H27N3O2/c1-14-4-5-15(12-17(14)23-3)6-8-20-13-16-7-11-24-18(16)19-21-9-10-22(19)2/h4-5,9-10,12,16,18,20H,6-8,11,13H2,1-3H3/t16-,18+/m0/s1. The highest BCUT2D eigenvalue weighted by Crippen LogP contribution is 2.32. The number of rotatable bonds is 7. The van der Waals surface area contributed by atoms with E-state index in [0.717, 1.165) is 44.1 Å². The molecular weight excluding hydrogens is 302 g/mol. The van der Waals surface area contributed by atoms with Crippen LogP contribution in [0.25, 0.3) is 0 Å². The van der Waals surface area contributed by atoms with Gasteiger partial charge < -0.3 is 19.4 Å². The Morgan fingerprint density at radius 3 is 3.04 bits per heavy atom. The summed E-state index contributed by atoms with van der Waals surface area (Å²) in [6.07, 6.45) is 6.01. The van der Waals surface area contributed by atoms with Crippen LogP contribution >= 0.6 is 0 Å². The van der Waals surface area contributed by atoms with Crippen molar-refractivity contribution in [1.29, 1.82) is 0 Å². The van der Waals surface area contributed by atoms with Crippen LogP contribution in [0.5, 0.6) is 5.75 Å². The molecule has 1 saturated heterocycles. The summed E-state index contributed by atoms with van der Waals surface area (Å²) in [4.78, 5) is 4.45. The zero-order chi connectivity index (χ0) is 16.9. The van der Waals surface area contributed by atoms with Crippen LogP contribution in [0.4, 0.5) is 0 Å². The first-order chi connectivity index (χ1) is 11.7. The van der Waals surface area contributed by atoms with Gasteiger partial charge in [-0.3, -0.25) is 0 Å². The molecule has 1 fully saturated rings. The van der Waals surface area contributed by atoms with Crippen molar-refractivity contribution in [2.75, 3.05) is 26.8 Å². The lowest BCUT2D eigenvalue weighted by Crippen LogP contribution is -2.27. The molecule has 2 atom stereocenters. The van der Waals surface area contributed by atoms with Gasteiger partial charge >= 0.3 is 0 Å². The molecule has 2 heterocycles. The summed E-state index contributed by atoms with van der Waals surface area (Å²) in [7, 11) is 3.75. The van der Waals surface area contributed by atoms with Gasteiger partial charge in [0.25, 0.3) is 0 Å². The predicted octanol–water partition coefficient (Wildman–Crippen LogP) is 2.65. The third kappa shape index (κ3) is 3.79. The number of nitrogens with zero attached hydrogens (tertiary/aromatic N) is 2. The molecule has 0 spiro atoms. The maximum Gasteiger partial charge on any atom is 0.137 e. The second kappa shape index (κ2) is 7.81. The van der Waals surface area contributed by atoms with Crippen LogP contribution in [-0.2, 0) is 18.2 Å². The molecule has 0 radical (unpaired) electrons. The topological polar surface area (TPSA) is 48.3 Å². The average Bonchev–Trinajstić information content (AvgIpc) is 3.21. The van der Waals surface area contributed by atoms with E-state index < -0.39 is 0 Å². The number of nitrogens with one attached hydrogen (secondary N) is 1. The maximum atomic E-state index is 5.91. The highest BCUT2D eigenvalue weighted by atomic mass is 16.5. The zero-order valence-corrected chi connectivity index (χ0v) is 14.8. The summed E-state index contributed by atoms with van der Waals surface area (Å²) in [5.74, 6) is 2.48. The molecule has 1 aliphatic rings. The second-order valence-corrected chi connectivity index (χ2v) is 6.49. The molecule has 0 amide bonds. The molecule has 5 nitrogen and oxygen atoms in total. The molecule has 1 aliphatic heterocycles. The van der Waals surface area contributed by atoms with Gasteiger partial charge in [-0.2, -0.15) is 0 Å². The molecule has 0 unspecified atom stereocenters. The molecule has 1 aromatic heterocycles. The van der Waals surface area contributed by atoms with Crippen molar-refractivity contribution in [2.24, 2.45) is 13.0 Å². The lowest BCUT2D eigenvalue weighted by molar-refractivity contribution is 0.0812. The number of hydrogen-bond donors (Lipinski definition) is 1. The van der Waals surface area contributed by atoms with E-state index in [0.29, 0.717) is 5.92 Å². The van der Waals surface area contributed by atoms with Crippen LogP contribution in [0.2, 0.25) is 0 Å². The van der Waals surface area contributed by atoms with Gasteiger partial charge in [-0.15, -0.1) is 0 Å². The largest absolute Gasteiger partial charge is 0.496 e. The maximum absolute atomic E-state index is 5.91. The number of ether oxygens (including phenoxy) is 2. The van der Waals surface area contributed by atoms with Crippen molar-refractivity contribution in [3.8, 4) is 5.75 Å². The van der Waals surface area contributed by atoms with Gasteiger partial charge in [-0.05, 0) is 43.5 Å². The Labute approximate surface area is 144 Å². The quantitative estimate of drug-likeness (QED) is 0.794. The fraction of sp³-hybridized carbons (Fsp3) is 0.526. The van der Waals surface area contributed by atoms with Crippen LogP contribution in [0.15, 0.2) is 30.6 Å². The molecule has 1 N–H and O–H groups in total. The van der Waals surface area contributed by atoms with Crippen LogP contribution in [0.3, 0.4) is 0 Å². The van der Waals surface area contributed by atoms with E-state index >= 15 is 0 Å². The third-order valence-corrected chi connectivity index (χ3v) is 4.80. The van der Waals surface area contributed by atoms with Gasteiger partial charge in [0.05, 0.1) is 7.11 Å². The van der Waals surface area contributed by atoms with E-state index in [-0.39, 0.29) is 6.10 Å². The Balaban J connectivity index is 1.49. The third-order valence-electron chi connectivity index (χ3n) is 4.80. The Morgan fingerprint density at radius 1 is 1.42 bits per heavy atom. The SMILES string of the molecule is COc1cc(CCNC[C@@H]2CCO[C@H]2c2nccn2C)ccc1C. The van der Waals surface area contributed by atoms with Crippen LogP contribution in [0, 0.1) is 12.8 Å². The van der Waals surface area contributed by atoms with Crippen LogP contribution < -0.4 is 10.1 Å². The summed E-state index contributed by atoms with van der Waals surface area (Å²) >= 11 is 0. The van der Waals surface area contributed by atoms with Crippen molar-refractivity contribution in [3.63, 3.8) is 0 Å². The summed E-state index contributed by atoms with van der Waals surface area (Å²) < 4.78 is 13.4. The zero-order valence-electron chi connectivity index (χ0n) is 14.8. The van der Waals surface area contributed by atoms with Crippen molar-refractivity contribution >= 4 is 0 Å². The van der Waals surface area contributed by atoms with Crippen LogP contribution in [0.1, 0.15) is 29.5 Å². The monoisotopic (exact) mass is 329 g/mol. The lowest BCUT2D eigenvalue weighted by Gasteiger charge is -2.19. The molecule has 24 heavy (non-hydrogen) atoms. The van der Waals surface area contributed by atoms with Gasteiger partial charge in [0.1, 0.15) is 17.7 Å². The van der Waals surface area contributed by atoms with E-state index in [1.165, 1.54) is 11.1 Å². The van der Waals surface area contributed by atoms with Crippen molar-refractivity contribution in [3.05, 3.63) is 47.5 Å². The van der Waals surface area contributed by atoms with Gasteiger partial charge in [0.15, 0.2) is 0 Å². The fourth-order valence-corrected chi connectivity index (χ4v) is 3.32. The Bertz CT molecular complexity index is 668. The summed E-state index contributed by atoms with van der Waals surface area (Å²) in [5, 5.41) is 3.58. The van der Waals surface area contributed by atoms with E-state index in [1.807, 2.05) is 19.4 Å². The highest BCUT2D eigenvalue weighted by Gasteiger charge is 2.31. The Hall–Kier alpha value is -1.85. The molecule has 2 aromatic rings. The van der Waals surface area contributed by atoms with Gasteiger partial charge in [-0.25, -0.2) is 4.98 Å². The number of benzene rings is 1. The lowest BCUT2D eigenvalue weighted by atomic mass is 10.0. The smallest absolute Gasteiger partial charge is 0.137 e. The molecule has 0 aliphatic carbocycles. The first kappa shape index (κ1) is 17.0. The molecule has 130 valence electrons. The second-order valence-electron chi connectivity index (χ2n) is 6.49. The number of aromatic nitrogens is 2. The van der Waals surface area contributed by atoms with E-state index in [1.54, 1.807) is 7.11 Å². The van der Waals surface area contributed by atoms with Crippen molar-refractivity contribution in [1.82, 2.24) is 14.9 Å². The number of methoxy groups -OCH3 is 1. The molecule has 0 bridgehead atoms. The molecule has 3 rings (SSSR count). The van der Waals surface area contributed by atoms with E-state index in [4.69, 9.17) is 9.47 Å². The summed E-state index contributed by atoms with van der Waals surface area (Å²) in [6, 6.07) is 6.43. The van der Waals surface area contributed by atoms with Gasteiger partial charge in [-0.1, -0.05) is 12.1 Å². The average molecular weight is 329 g/mol. The number of hydrogen-bond acceptors (Lipinski definition) is 4. The first-order valence-electron chi connectivity index (χ1n) is 8.62. The fourth-order valence-electron chi connectivity index (χ4n) is 3.32. The summed E-state index contributed by atoms with van der Waals surface area (Å²) in [6.45, 7) is 4.80. The molecular formula is C19H27N3O2. The molecule has 1 aromatic carbocycles. The molecule has 0 saturated carbocycles. The van der Waals surface area contributed by atoms with Crippen molar-refractivity contribution < 1.29 is 9.47 Å².